The lowest BCUT2D eigenvalue weighted by molar-refractivity contribution is 0.0197. The van der Waals surface area contributed by atoms with Gasteiger partial charge in [-0.05, 0) is 25.7 Å². The van der Waals surface area contributed by atoms with Gasteiger partial charge in [0, 0.05) is 18.1 Å². The maximum atomic E-state index is 12.0. The van der Waals surface area contributed by atoms with Crippen molar-refractivity contribution in [3.8, 4) is 0 Å². The fraction of sp³-hybridized carbons (Fsp3) is 1.00. The van der Waals surface area contributed by atoms with Crippen LogP contribution in [0.15, 0.2) is 0 Å². The average Bonchev–Trinajstić information content (AvgIpc) is 2.40. The summed E-state index contributed by atoms with van der Waals surface area (Å²) in [6.07, 6.45) is 11.0. The van der Waals surface area contributed by atoms with Gasteiger partial charge in [0.15, 0.2) is 0 Å². The molecule has 18 heavy (non-hydrogen) atoms. The first kappa shape index (κ1) is 12.8. The van der Waals surface area contributed by atoms with E-state index in [2.05, 4.69) is 16.1 Å². The van der Waals surface area contributed by atoms with Crippen LogP contribution in [0, 0.1) is 5.21 Å². The van der Waals surface area contributed by atoms with E-state index in [1.54, 1.807) is 0 Å². The summed E-state index contributed by atoms with van der Waals surface area (Å²) in [5, 5.41) is 20.2. The van der Waals surface area contributed by atoms with Crippen molar-refractivity contribution in [1.82, 2.24) is 21.2 Å². The van der Waals surface area contributed by atoms with E-state index >= 15 is 0 Å². The second kappa shape index (κ2) is 5.84. The van der Waals surface area contributed by atoms with Gasteiger partial charge in [-0.1, -0.05) is 32.1 Å². The van der Waals surface area contributed by atoms with Crippen LogP contribution >= 0.6 is 0 Å². The summed E-state index contributed by atoms with van der Waals surface area (Å²) in [5.41, 5.74) is 3.02. The summed E-state index contributed by atoms with van der Waals surface area (Å²) in [4.78, 5) is 0. The van der Waals surface area contributed by atoms with E-state index in [1.807, 2.05) is 0 Å². The summed E-state index contributed by atoms with van der Waals surface area (Å²) < 4.78 is 0. The lowest BCUT2D eigenvalue weighted by Gasteiger charge is -2.52. The fourth-order valence-electron chi connectivity index (χ4n) is 3.65. The Balaban J connectivity index is 1.54. The maximum absolute atomic E-state index is 12.0. The van der Waals surface area contributed by atoms with E-state index in [1.165, 1.54) is 44.9 Å². The van der Waals surface area contributed by atoms with E-state index in [-0.39, 0.29) is 12.3 Å². The van der Waals surface area contributed by atoms with Crippen LogP contribution in [0.5, 0.6) is 0 Å². The summed E-state index contributed by atoms with van der Waals surface area (Å²) in [6, 6.07) is 1.05. The molecule has 0 bridgehead atoms. The van der Waals surface area contributed by atoms with Gasteiger partial charge in [0.2, 0.25) is 0 Å². The fourth-order valence-corrected chi connectivity index (χ4v) is 3.65. The predicted molar refractivity (Wildman–Crippen MR) is 71.3 cm³/mol. The van der Waals surface area contributed by atoms with E-state index in [0.29, 0.717) is 12.1 Å². The molecule has 3 fully saturated rings. The highest BCUT2D eigenvalue weighted by atomic mass is 16.5. The number of hydrogen-bond donors (Lipinski definition) is 3. The molecule has 3 N–H and O–H groups in total. The van der Waals surface area contributed by atoms with Crippen molar-refractivity contribution < 1.29 is 0 Å². The molecule has 0 amide bonds. The smallest absolute Gasteiger partial charge is 0.124 e. The molecule has 1 aliphatic heterocycles. The zero-order valence-electron chi connectivity index (χ0n) is 11.0. The largest absolute Gasteiger partial charge is 0.771 e. The van der Waals surface area contributed by atoms with Crippen molar-refractivity contribution in [2.24, 2.45) is 0 Å². The lowest BCUT2D eigenvalue weighted by atomic mass is 9.90. The standard InChI is InChI=1S/C13H25N4O/c18-17-12-9-5-4-8-11(12)15-13(16-17)14-10-6-2-1-3-7-10/h10-16H,1-9H2/q-1. The SMILES string of the molecule is [O-]N1NC(NC2CCCCC2)NC2CCCCC21. The molecule has 2 aliphatic carbocycles. The Kier molecular flexibility index (Phi) is 4.16. The molecule has 0 aromatic carbocycles. The molecule has 0 spiro atoms. The van der Waals surface area contributed by atoms with Gasteiger partial charge in [0.05, 0.1) is 0 Å². The van der Waals surface area contributed by atoms with Gasteiger partial charge in [-0.25, -0.2) is 5.43 Å². The Bertz CT molecular complexity index is 268. The minimum atomic E-state index is -0.0371. The van der Waals surface area contributed by atoms with E-state index in [9.17, 15) is 5.21 Å². The minimum Gasteiger partial charge on any atom is -0.771 e. The molecule has 1 saturated heterocycles. The van der Waals surface area contributed by atoms with Crippen molar-refractivity contribution in [2.45, 2.75) is 82.2 Å². The first-order chi connectivity index (χ1) is 8.83. The second-order valence-corrected chi connectivity index (χ2v) is 6.01. The molecule has 0 aromatic rings. The van der Waals surface area contributed by atoms with Gasteiger partial charge < -0.3 is 10.4 Å². The summed E-state index contributed by atoms with van der Waals surface area (Å²) >= 11 is 0. The molecule has 0 aromatic heterocycles. The van der Waals surface area contributed by atoms with Gasteiger partial charge >= 0.3 is 0 Å². The monoisotopic (exact) mass is 253 g/mol. The number of fused-ring (bicyclic) bond motifs is 1. The normalized spacial score (nSPS) is 39.5. The number of hydroxylamine groups is 1. The van der Waals surface area contributed by atoms with Crippen molar-refractivity contribution in [1.29, 1.82) is 0 Å². The van der Waals surface area contributed by atoms with Crippen LogP contribution < -0.4 is 16.1 Å². The molecule has 104 valence electrons. The van der Waals surface area contributed by atoms with Crippen LogP contribution in [0.4, 0.5) is 0 Å². The average molecular weight is 253 g/mol. The Hall–Kier alpha value is -0.200. The topological polar surface area (TPSA) is 62.4 Å². The number of nitrogens with zero attached hydrogens (tertiary/aromatic N) is 1. The zero-order valence-corrected chi connectivity index (χ0v) is 11.0. The quantitative estimate of drug-likeness (QED) is 0.694. The lowest BCUT2D eigenvalue weighted by Crippen LogP contribution is -2.72. The van der Waals surface area contributed by atoms with E-state index in [0.717, 1.165) is 18.0 Å². The van der Waals surface area contributed by atoms with Crippen LogP contribution in [0.25, 0.3) is 0 Å². The van der Waals surface area contributed by atoms with Crippen LogP contribution in [-0.4, -0.2) is 29.6 Å². The van der Waals surface area contributed by atoms with Gasteiger partial charge in [-0.2, -0.15) is 0 Å². The third-order valence-electron chi connectivity index (χ3n) is 4.68. The van der Waals surface area contributed by atoms with Crippen LogP contribution in [-0.2, 0) is 0 Å². The molecule has 0 radical (unpaired) electrons. The number of hydrazine groups is 1. The highest BCUT2D eigenvalue weighted by Crippen LogP contribution is 2.25. The third kappa shape index (κ3) is 2.86. The van der Waals surface area contributed by atoms with E-state index < -0.39 is 0 Å². The number of nitrogens with one attached hydrogen (secondary N) is 3. The Morgan fingerprint density at radius 1 is 0.944 bits per heavy atom. The third-order valence-corrected chi connectivity index (χ3v) is 4.68. The summed E-state index contributed by atoms with van der Waals surface area (Å²) in [7, 11) is 0. The second-order valence-electron chi connectivity index (χ2n) is 6.01. The zero-order chi connectivity index (χ0) is 12.4. The van der Waals surface area contributed by atoms with Crippen LogP contribution in [0.3, 0.4) is 0 Å². The minimum absolute atomic E-state index is 0.0371. The Morgan fingerprint density at radius 3 is 2.50 bits per heavy atom. The van der Waals surface area contributed by atoms with Gasteiger partial charge in [0.1, 0.15) is 6.29 Å². The molecular formula is C13H25N4O-. The van der Waals surface area contributed by atoms with Crippen LogP contribution in [0.2, 0.25) is 0 Å². The Labute approximate surface area is 109 Å². The number of hydrogen-bond acceptors (Lipinski definition) is 5. The molecule has 1 heterocycles. The van der Waals surface area contributed by atoms with E-state index in [4.69, 9.17) is 0 Å². The molecule has 3 atom stereocenters. The molecule has 3 unspecified atom stereocenters. The molecular weight excluding hydrogens is 228 g/mol. The Morgan fingerprint density at radius 2 is 1.67 bits per heavy atom. The molecule has 5 nitrogen and oxygen atoms in total. The molecule has 3 rings (SSSR count). The molecule has 2 saturated carbocycles. The highest BCUT2D eigenvalue weighted by molar-refractivity contribution is 4.93. The number of rotatable bonds is 2. The highest BCUT2D eigenvalue weighted by Gasteiger charge is 2.33. The van der Waals surface area contributed by atoms with Crippen LogP contribution in [0.1, 0.15) is 57.8 Å². The van der Waals surface area contributed by atoms with Gasteiger partial charge in [-0.15, -0.1) is 0 Å². The molecule has 5 heteroatoms. The van der Waals surface area contributed by atoms with Crippen molar-refractivity contribution in [3.63, 3.8) is 0 Å². The summed E-state index contributed by atoms with van der Waals surface area (Å²) in [5.74, 6) is 0. The first-order valence-electron chi connectivity index (χ1n) is 7.57. The van der Waals surface area contributed by atoms with Crippen molar-refractivity contribution in [2.75, 3.05) is 0 Å². The van der Waals surface area contributed by atoms with Gasteiger partial charge in [-0.3, -0.25) is 10.6 Å². The van der Waals surface area contributed by atoms with Crippen molar-refractivity contribution >= 4 is 0 Å². The van der Waals surface area contributed by atoms with Crippen molar-refractivity contribution in [3.05, 3.63) is 5.21 Å². The predicted octanol–water partition coefficient (Wildman–Crippen LogP) is 1.41. The maximum Gasteiger partial charge on any atom is 0.124 e. The van der Waals surface area contributed by atoms with Gasteiger partial charge in [0.25, 0.3) is 0 Å². The first-order valence-corrected chi connectivity index (χ1v) is 7.57. The summed E-state index contributed by atoms with van der Waals surface area (Å²) in [6.45, 7) is 0. The molecule has 3 aliphatic rings.